The average molecular weight is 425 g/mol. The van der Waals surface area contributed by atoms with Crippen molar-refractivity contribution in [2.24, 2.45) is 18.9 Å². The SMILES string of the molecule is CC[C@H](C(=O)OCc1cccc([C@H](C)c2c[nH]cn2)c1C)[C@H](CO)Cc1cncn1C. The van der Waals surface area contributed by atoms with Crippen LogP contribution < -0.4 is 0 Å². The van der Waals surface area contributed by atoms with E-state index in [9.17, 15) is 9.90 Å². The molecule has 0 saturated heterocycles. The maximum Gasteiger partial charge on any atom is 0.309 e. The highest BCUT2D eigenvalue weighted by atomic mass is 16.5. The molecule has 31 heavy (non-hydrogen) atoms. The largest absolute Gasteiger partial charge is 0.461 e. The van der Waals surface area contributed by atoms with Crippen molar-refractivity contribution in [1.82, 2.24) is 19.5 Å². The zero-order chi connectivity index (χ0) is 22.4. The molecule has 7 nitrogen and oxygen atoms in total. The lowest BCUT2D eigenvalue weighted by Gasteiger charge is -2.23. The van der Waals surface area contributed by atoms with Gasteiger partial charge in [0.15, 0.2) is 0 Å². The van der Waals surface area contributed by atoms with Gasteiger partial charge < -0.3 is 19.4 Å². The second-order valence-corrected chi connectivity index (χ2v) is 8.11. The van der Waals surface area contributed by atoms with E-state index in [0.29, 0.717) is 12.8 Å². The highest BCUT2D eigenvalue weighted by Gasteiger charge is 2.29. The molecule has 0 fully saturated rings. The third-order valence-corrected chi connectivity index (χ3v) is 6.22. The fourth-order valence-electron chi connectivity index (χ4n) is 4.13. The maximum atomic E-state index is 12.9. The Morgan fingerprint density at radius 1 is 1.35 bits per heavy atom. The van der Waals surface area contributed by atoms with Crippen LogP contribution in [0.25, 0.3) is 0 Å². The van der Waals surface area contributed by atoms with Crippen molar-refractivity contribution in [3.8, 4) is 0 Å². The standard InChI is InChI=1S/C24H32N4O3/c1-5-21(19(12-29)9-20-10-26-15-28(20)4)24(30)31-13-18-7-6-8-22(16(18)2)17(3)23-11-25-14-27-23/h6-8,10-11,14-15,17,19,21,29H,5,9,12-13H2,1-4H3,(H,25,27)/t17-,19-,21-/m0/s1. The number of esters is 1. The first-order valence-corrected chi connectivity index (χ1v) is 10.8. The molecule has 2 aromatic heterocycles. The number of aliphatic hydroxyl groups excluding tert-OH is 1. The number of H-pyrrole nitrogens is 1. The van der Waals surface area contributed by atoms with Crippen LogP contribution in [-0.2, 0) is 29.6 Å². The van der Waals surface area contributed by atoms with E-state index < -0.39 is 0 Å². The molecule has 0 aliphatic heterocycles. The van der Waals surface area contributed by atoms with Gasteiger partial charge in [-0.3, -0.25) is 4.79 Å². The number of aromatic nitrogens is 4. The normalized spacial score (nSPS) is 14.2. The molecule has 0 radical (unpaired) electrons. The minimum atomic E-state index is -0.369. The first-order valence-electron chi connectivity index (χ1n) is 10.8. The lowest BCUT2D eigenvalue weighted by molar-refractivity contribution is -0.152. The molecular weight excluding hydrogens is 392 g/mol. The molecule has 2 N–H and O–H groups in total. The molecule has 166 valence electrons. The predicted octanol–water partition coefficient (Wildman–Crippen LogP) is 3.52. The number of hydrogen-bond acceptors (Lipinski definition) is 5. The van der Waals surface area contributed by atoms with Gasteiger partial charge in [0.25, 0.3) is 0 Å². The summed E-state index contributed by atoms with van der Waals surface area (Å²) in [7, 11) is 1.91. The molecular formula is C24H32N4O3. The minimum absolute atomic E-state index is 0.0749. The number of nitrogens with zero attached hydrogens (tertiary/aromatic N) is 3. The number of nitrogens with one attached hydrogen (secondary N) is 1. The number of aromatic amines is 1. The second kappa shape index (κ2) is 10.4. The van der Waals surface area contributed by atoms with Gasteiger partial charge in [0, 0.05) is 43.6 Å². The Labute approximate surface area is 183 Å². The monoisotopic (exact) mass is 424 g/mol. The first-order chi connectivity index (χ1) is 15.0. The van der Waals surface area contributed by atoms with Gasteiger partial charge in [-0.05, 0) is 36.5 Å². The van der Waals surface area contributed by atoms with E-state index in [2.05, 4.69) is 34.9 Å². The van der Waals surface area contributed by atoms with Gasteiger partial charge in [0.1, 0.15) is 6.61 Å². The van der Waals surface area contributed by atoms with Crippen molar-refractivity contribution in [2.75, 3.05) is 6.61 Å². The van der Waals surface area contributed by atoms with E-state index in [1.165, 1.54) is 0 Å². The molecule has 3 aromatic rings. The van der Waals surface area contributed by atoms with Gasteiger partial charge in [-0.25, -0.2) is 9.97 Å². The van der Waals surface area contributed by atoms with Crippen molar-refractivity contribution in [1.29, 1.82) is 0 Å². The lowest BCUT2D eigenvalue weighted by atomic mass is 9.87. The molecule has 0 bridgehead atoms. The third kappa shape index (κ3) is 5.22. The van der Waals surface area contributed by atoms with Crippen LogP contribution in [-0.4, -0.2) is 37.2 Å². The van der Waals surface area contributed by atoms with Crippen LogP contribution in [0.15, 0.2) is 43.2 Å². The van der Waals surface area contributed by atoms with Crippen LogP contribution in [0.3, 0.4) is 0 Å². The van der Waals surface area contributed by atoms with Crippen LogP contribution in [0.5, 0.6) is 0 Å². The molecule has 3 rings (SSSR count). The number of imidazole rings is 2. The summed E-state index contributed by atoms with van der Waals surface area (Å²) in [5.41, 5.74) is 5.21. The number of aliphatic hydroxyl groups is 1. The van der Waals surface area contributed by atoms with E-state index in [1.807, 2.05) is 36.9 Å². The fourth-order valence-corrected chi connectivity index (χ4v) is 4.13. The van der Waals surface area contributed by atoms with Gasteiger partial charge in [-0.15, -0.1) is 0 Å². The summed E-state index contributed by atoms with van der Waals surface area (Å²) in [6, 6.07) is 6.07. The van der Waals surface area contributed by atoms with E-state index in [4.69, 9.17) is 4.74 Å². The zero-order valence-corrected chi connectivity index (χ0v) is 18.7. The molecule has 3 atom stereocenters. The zero-order valence-electron chi connectivity index (χ0n) is 18.7. The molecule has 7 heteroatoms. The van der Waals surface area contributed by atoms with Gasteiger partial charge in [-0.1, -0.05) is 32.0 Å². The predicted molar refractivity (Wildman–Crippen MR) is 118 cm³/mol. The summed E-state index contributed by atoms with van der Waals surface area (Å²) >= 11 is 0. The summed E-state index contributed by atoms with van der Waals surface area (Å²) in [6.45, 7) is 6.26. The molecule has 0 unspecified atom stereocenters. The van der Waals surface area contributed by atoms with E-state index in [-0.39, 0.29) is 36.9 Å². The van der Waals surface area contributed by atoms with Gasteiger partial charge in [0.05, 0.1) is 24.3 Å². The molecule has 0 saturated carbocycles. The third-order valence-electron chi connectivity index (χ3n) is 6.22. The Morgan fingerprint density at radius 3 is 2.77 bits per heavy atom. The summed E-state index contributed by atoms with van der Waals surface area (Å²) in [5.74, 6) is -0.705. The van der Waals surface area contributed by atoms with E-state index >= 15 is 0 Å². The highest BCUT2D eigenvalue weighted by Crippen LogP contribution is 2.28. The Morgan fingerprint density at radius 2 is 2.16 bits per heavy atom. The molecule has 0 spiro atoms. The Bertz CT molecular complexity index is 981. The Kier molecular flexibility index (Phi) is 7.63. The smallest absolute Gasteiger partial charge is 0.309 e. The summed E-state index contributed by atoms with van der Waals surface area (Å²) in [6.07, 6.45) is 8.27. The Balaban J connectivity index is 1.68. The molecule has 2 heterocycles. The highest BCUT2D eigenvalue weighted by molar-refractivity contribution is 5.72. The fraction of sp³-hybridized carbons (Fsp3) is 0.458. The van der Waals surface area contributed by atoms with Crippen molar-refractivity contribution >= 4 is 5.97 Å². The number of carbonyl (C=O) groups excluding carboxylic acids is 1. The quantitative estimate of drug-likeness (QED) is 0.486. The number of hydrogen-bond donors (Lipinski definition) is 2. The van der Waals surface area contributed by atoms with Crippen molar-refractivity contribution in [2.45, 2.75) is 46.1 Å². The van der Waals surface area contributed by atoms with Crippen LogP contribution in [0.2, 0.25) is 0 Å². The minimum Gasteiger partial charge on any atom is -0.461 e. The van der Waals surface area contributed by atoms with Gasteiger partial charge >= 0.3 is 5.97 Å². The summed E-state index contributed by atoms with van der Waals surface area (Å²) < 4.78 is 7.64. The topological polar surface area (TPSA) is 93.0 Å². The van der Waals surface area contributed by atoms with E-state index in [1.54, 1.807) is 18.9 Å². The maximum absolute atomic E-state index is 12.9. The van der Waals surface area contributed by atoms with Crippen molar-refractivity contribution in [3.63, 3.8) is 0 Å². The number of rotatable bonds is 10. The van der Waals surface area contributed by atoms with Gasteiger partial charge in [0.2, 0.25) is 0 Å². The molecule has 0 amide bonds. The number of aryl methyl sites for hydroxylation is 1. The van der Waals surface area contributed by atoms with Crippen molar-refractivity contribution < 1.29 is 14.6 Å². The molecule has 0 aliphatic carbocycles. The number of benzene rings is 1. The first kappa shape index (κ1) is 22.7. The van der Waals surface area contributed by atoms with E-state index in [0.717, 1.165) is 28.1 Å². The van der Waals surface area contributed by atoms with Gasteiger partial charge in [-0.2, -0.15) is 0 Å². The summed E-state index contributed by atoms with van der Waals surface area (Å²) in [5, 5.41) is 9.94. The van der Waals surface area contributed by atoms with Crippen molar-refractivity contribution in [3.05, 3.63) is 71.3 Å². The van der Waals surface area contributed by atoms with Crippen LogP contribution >= 0.6 is 0 Å². The second-order valence-electron chi connectivity index (χ2n) is 8.11. The Hall–Kier alpha value is -2.93. The number of carbonyl (C=O) groups is 1. The summed E-state index contributed by atoms with van der Waals surface area (Å²) in [4.78, 5) is 24.4. The average Bonchev–Trinajstić information content (AvgIpc) is 3.44. The lowest BCUT2D eigenvalue weighted by Crippen LogP contribution is -2.30. The van der Waals surface area contributed by atoms with Crippen LogP contribution in [0.4, 0.5) is 0 Å². The van der Waals surface area contributed by atoms with Crippen LogP contribution in [0, 0.1) is 18.8 Å². The molecule has 0 aliphatic rings. The van der Waals surface area contributed by atoms with Crippen LogP contribution in [0.1, 0.15) is 54.3 Å². The number of ether oxygens (including phenoxy) is 1. The molecule has 1 aromatic carbocycles.